The fraction of sp³-hybridized carbons (Fsp3) is 0.467. The third-order valence-corrected chi connectivity index (χ3v) is 3.16. The number of rotatable bonds is 5. The van der Waals surface area contributed by atoms with Gasteiger partial charge in [0.05, 0.1) is 12.6 Å². The molecule has 0 aliphatic rings. The van der Waals surface area contributed by atoms with Crippen LogP contribution in [0.15, 0.2) is 24.4 Å². The van der Waals surface area contributed by atoms with Gasteiger partial charge in [0.25, 0.3) is 0 Å². The molecule has 0 saturated carbocycles. The van der Waals surface area contributed by atoms with E-state index in [1.165, 1.54) is 22.9 Å². The topological polar surface area (TPSA) is 14.2 Å². The molecule has 0 aliphatic heterocycles. The maximum atomic E-state index is 5.31. The van der Waals surface area contributed by atoms with E-state index in [0.29, 0.717) is 0 Å². The summed E-state index contributed by atoms with van der Waals surface area (Å²) in [4.78, 5) is 0. The monoisotopic (exact) mass is 231 g/mol. The lowest BCUT2D eigenvalue weighted by atomic mass is 10.1. The predicted molar refractivity (Wildman–Crippen MR) is 72.8 cm³/mol. The van der Waals surface area contributed by atoms with Crippen molar-refractivity contribution in [2.24, 2.45) is 0 Å². The Bertz CT molecular complexity index is 499. The van der Waals surface area contributed by atoms with E-state index in [2.05, 4.69) is 42.8 Å². The van der Waals surface area contributed by atoms with Crippen LogP contribution in [0.1, 0.15) is 32.3 Å². The minimum atomic E-state index is 0.941. The highest BCUT2D eigenvalue weighted by Crippen LogP contribution is 2.26. The maximum absolute atomic E-state index is 5.31. The second kappa shape index (κ2) is 5.26. The van der Waals surface area contributed by atoms with Crippen LogP contribution in [0.3, 0.4) is 0 Å². The molecule has 0 spiro atoms. The minimum Gasteiger partial charge on any atom is -0.497 e. The van der Waals surface area contributed by atoms with Crippen molar-refractivity contribution in [2.75, 3.05) is 7.11 Å². The summed E-state index contributed by atoms with van der Waals surface area (Å²) in [5.74, 6) is 0.941. The molecule has 0 N–H and O–H groups in total. The molecule has 2 nitrogen and oxygen atoms in total. The number of fused-ring (bicyclic) bond motifs is 1. The quantitative estimate of drug-likeness (QED) is 0.758. The van der Waals surface area contributed by atoms with Crippen molar-refractivity contribution in [2.45, 2.75) is 39.7 Å². The molecule has 0 fully saturated rings. The molecule has 2 heteroatoms. The van der Waals surface area contributed by atoms with Gasteiger partial charge in [0, 0.05) is 24.2 Å². The molecule has 17 heavy (non-hydrogen) atoms. The number of ether oxygens (including phenoxy) is 1. The number of aromatic nitrogens is 1. The normalized spacial score (nSPS) is 11.0. The zero-order valence-electron chi connectivity index (χ0n) is 11.0. The van der Waals surface area contributed by atoms with Crippen molar-refractivity contribution in [3.05, 3.63) is 30.0 Å². The largest absolute Gasteiger partial charge is 0.497 e. The molecule has 92 valence electrons. The fourth-order valence-electron chi connectivity index (χ4n) is 2.37. The Morgan fingerprint density at radius 3 is 2.65 bits per heavy atom. The number of aryl methyl sites for hydroxylation is 2. The maximum Gasteiger partial charge on any atom is 0.120 e. The van der Waals surface area contributed by atoms with Crippen LogP contribution < -0.4 is 4.74 Å². The van der Waals surface area contributed by atoms with Crippen LogP contribution in [0.4, 0.5) is 0 Å². The lowest BCUT2D eigenvalue weighted by Crippen LogP contribution is -1.94. The first kappa shape index (κ1) is 12.0. The van der Waals surface area contributed by atoms with Gasteiger partial charge in [-0.15, -0.1) is 0 Å². The smallest absolute Gasteiger partial charge is 0.120 e. The van der Waals surface area contributed by atoms with E-state index in [-0.39, 0.29) is 0 Å². The van der Waals surface area contributed by atoms with Crippen LogP contribution in [0.2, 0.25) is 0 Å². The summed E-state index contributed by atoms with van der Waals surface area (Å²) in [7, 11) is 1.72. The van der Waals surface area contributed by atoms with Crippen LogP contribution in [-0.2, 0) is 13.0 Å². The number of hydrogen-bond acceptors (Lipinski definition) is 1. The van der Waals surface area contributed by atoms with Crippen LogP contribution in [0.5, 0.6) is 5.75 Å². The number of benzene rings is 1. The Labute approximate surface area is 103 Å². The molecule has 0 atom stereocenters. The average molecular weight is 231 g/mol. The first-order chi connectivity index (χ1) is 8.30. The van der Waals surface area contributed by atoms with Gasteiger partial charge in [0.15, 0.2) is 0 Å². The fourth-order valence-corrected chi connectivity index (χ4v) is 2.37. The minimum absolute atomic E-state index is 0.941. The van der Waals surface area contributed by atoms with Gasteiger partial charge in [0.2, 0.25) is 0 Å². The van der Waals surface area contributed by atoms with Crippen molar-refractivity contribution >= 4 is 10.9 Å². The van der Waals surface area contributed by atoms with Gasteiger partial charge in [0.1, 0.15) is 5.75 Å². The summed E-state index contributed by atoms with van der Waals surface area (Å²) in [5.41, 5.74) is 2.76. The second-order valence-corrected chi connectivity index (χ2v) is 4.48. The molecule has 2 rings (SSSR count). The van der Waals surface area contributed by atoms with E-state index in [9.17, 15) is 0 Å². The van der Waals surface area contributed by atoms with E-state index < -0.39 is 0 Å². The number of nitrogens with zero attached hydrogens (tertiary/aromatic N) is 1. The van der Waals surface area contributed by atoms with E-state index in [1.54, 1.807) is 7.11 Å². The van der Waals surface area contributed by atoms with Gasteiger partial charge in [-0.1, -0.05) is 20.3 Å². The van der Waals surface area contributed by atoms with Gasteiger partial charge in [-0.05, 0) is 30.5 Å². The first-order valence-electron chi connectivity index (χ1n) is 6.45. The van der Waals surface area contributed by atoms with E-state index in [1.807, 2.05) is 0 Å². The highest BCUT2D eigenvalue weighted by Gasteiger charge is 2.08. The number of methoxy groups -OCH3 is 1. The summed E-state index contributed by atoms with van der Waals surface area (Å²) in [6.45, 7) is 5.52. The van der Waals surface area contributed by atoms with E-state index in [0.717, 1.165) is 25.1 Å². The standard InChI is InChI=1S/C15H21NO/c1-4-6-12-11-16(9-5-2)15-10-13(17-3)7-8-14(12)15/h7-8,10-11H,4-6,9H2,1-3H3. The molecular weight excluding hydrogens is 210 g/mol. The van der Waals surface area contributed by atoms with Crippen molar-refractivity contribution in [1.82, 2.24) is 4.57 Å². The first-order valence-corrected chi connectivity index (χ1v) is 6.45. The summed E-state index contributed by atoms with van der Waals surface area (Å²) in [6, 6.07) is 6.38. The summed E-state index contributed by atoms with van der Waals surface area (Å²) >= 11 is 0. The summed E-state index contributed by atoms with van der Waals surface area (Å²) < 4.78 is 7.66. The molecule has 0 radical (unpaired) electrons. The van der Waals surface area contributed by atoms with Crippen LogP contribution in [0.25, 0.3) is 10.9 Å². The van der Waals surface area contributed by atoms with Crippen molar-refractivity contribution in [3.8, 4) is 5.75 Å². The van der Waals surface area contributed by atoms with Crippen LogP contribution in [0, 0.1) is 0 Å². The van der Waals surface area contributed by atoms with Crippen molar-refractivity contribution in [3.63, 3.8) is 0 Å². The molecule has 0 unspecified atom stereocenters. The Morgan fingerprint density at radius 2 is 2.00 bits per heavy atom. The van der Waals surface area contributed by atoms with Gasteiger partial charge < -0.3 is 9.30 Å². The Hall–Kier alpha value is -1.44. The van der Waals surface area contributed by atoms with Crippen LogP contribution in [-0.4, -0.2) is 11.7 Å². The Kier molecular flexibility index (Phi) is 3.72. The van der Waals surface area contributed by atoms with Gasteiger partial charge in [-0.3, -0.25) is 0 Å². The highest BCUT2D eigenvalue weighted by molar-refractivity contribution is 5.85. The molecule has 0 aliphatic carbocycles. The van der Waals surface area contributed by atoms with Crippen LogP contribution >= 0.6 is 0 Å². The van der Waals surface area contributed by atoms with Gasteiger partial charge >= 0.3 is 0 Å². The lowest BCUT2D eigenvalue weighted by Gasteiger charge is -2.04. The molecular formula is C15H21NO. The summed E-state index contributed by atoms with van der Waals surface area (Å²) in [6.07, 6.45) is 5.81. The van der Waals surface area contributed by atoms with Gasteiger partial charge in [-0.2, -0.15) is 0 Å². The molecule has 1 heterocycles. The Balaban J connectivity index is 2.54. The summed E-state index contributed by atoms with van der Waals surface area (Å²) in [5, 5.41) is 1.38. The van der Waals surface area contributed by atoms with E-state index in [4.69, 9.17) is 4.74 Å². The predicted octanol–water partition coefficient (Wildman–Crippen LogP) is 4.01. The zero-order chi connectivity index (χ0) is 12.3. The molecule has 1 aromatic carbocycles. The highest BCUT2D eigenvalue weighted by atomic mass is 16.5. The van der Waals surface area contributed by atoms with Crippen molar-refractivity contribution < 1.29 is 4.74 Å². The second-order valence-electron chi connectivity index (χ2n) is 4.48. The molecule has 0 amide bonds. The van der Waals surface area contributed by atoms with E-state index >= 15 is 0 Å². The number of hydrogen-bond donors (Lipinski definition) is 0. The Morgan fingerprint density at radius 1 is 1.18 bits per heavy atom. The molecule has 0 bridgehead atoms. The molecule has 2 aromatic rings. The average Bonchev–Trinajstić information content (AvgIpc) is 2.68. The van der Waals surface area contributed by atoms with Gasteiger partial charge in [-0.25, -0.2) is 0 Å². The molecule has 1 aromatic heterocycles. The molecule has 0 saturated heterocycles. The third kappa shape index (κ3) is 2.31. The zero-order valence-corrected chi connectivity index (χ0v) is 11.0. The van der Waals surface area contributed by atoms with Crippen molar-refractivity contribution in [1.29, 1.82) is 0 Å². The lowest BCUT2D eigenvalue weighted by molar-refractivity contribution is 0.415. The SMILES string of the molecule is CCCc1cn(CCC)c2cc(OC)ccc12. The third-order valence-electron chi connectivity index (χ3n) is 3.16.